The molecule has 0 saturated heterocycles. The van der Waals surface area contributed by atoms with Gasteiger partial charge in [-0.15, -0.1) is 0 Å². The van der Waals surface area contributed by atoms with E-state index in [9.17, 15) is 0 Å². The Balaban J connectivity index is 2.20. The van der Waals surface area contributed by atoms with Crippen LogP contribution in [0.3, 0.4) is 0 Å². The zero-order chi connectivity index (χ0) is 12.1. The molecule has 0 aliphatic carbocycles. The summed E-state index contributed by atoms with van der Waals surface area (Å²) in [5.41, 5.74) is 2.40. The topological polar surface area (TPSA) is 21.3 Å². The maximum absolute atomic E-state index is 5.88. The first-order chi connectivity index (χ1) is 8.29. The van der Waals surface area contributed by atoms with Crippen molar-refractivity contribution in [2.24, 2.45) is 0 Å². The van der Waals surface area contributed by atoms with Gasteiger partial charge in [-0.1, -0.05) is 35.9 Å². The second kappa shape index (κ2) is 5.51. The Morgan fingerprint density at radius 1 is 1.00 bits per heavy atom. The zero-order valence-electron chi connectivity index (χ0n) is 10.2. The van der Waals surface area contributed by atoms with Crippen molar-refractivity contribution in [3.05, 3.63) is 59.7 Å². The monoisotopic (exact) mass is 227 g/mol. The van der Waals surface area contributed by atoms with Gasteiger partial charge in [0.05, 0.1) is 0 Å². The minimum Gasteiger partial charge on any atom is -0.457 e. The molecule has 1 N–H and O–H groups in total. The van der Waals surface area contributed by atoms with E-state index in [1.165, 1.54) is 5.56 Å². The molecule has 0 spiro atoms. The number of hydrogen-bond donors (Lipinski definition) is 1. The molecule has 0 aliphatic rings. The van der Waals surface area contributed by atoms with Crippen molar-refractivity contribution in [1.82, 2.24) is 5.32 Å². The van der Waals surface area contributed by atoms with E-state index in [0.717, 1.165) is 23.6 Å². The van der Waals surface area contributed by atoms with Crippen molar-refractivity contribution in [1.29, 1.82) is 0 Å². The summed E-state index contributed by atoms with van der Waals surface area (Å²) in [5.74, 6) is 1.78. The minimum atomic E-state index is 0.808. The van der Waals surface area contributed by atoms with Crippen LogP contribution in [0.15, 0.2) is 48.5 Å². The highest BCUT2D eigenvalue weighted by molar-refractivity contribution is 5.38. The lowest BCUT2D eigenvalue weighted by atomic mass is 10.2. The molecule has 2 aromatic carbocycles. The fourth-order valence-electron chi connectivity index (χ4n) is 1.67. The van der Waals surface area contributed by atoms with Crippen molar-refractivity contribution in [3.8, 4) is 11.5 Å². The number of para-hydroxylation sites is 1. The van der Waals surface area contributed by atoms with Crippen LogP contribution in [0.25, 0.3) is 0 Å². The third-order valence-corrected chi connectivity index (χ3v) is 2.59. The molecule has 0 bridgehead atoms. The van der Waals surface area contributed by atoms with Crippen molar-refractivity contribution in [3.63, 3.8) is 0 Å². The lowest BCUT2D eigenvalue weighted by Crippen LogP contribution is -2.06. The van der Waals surface area contributed by atoms with E-state index in [0.29, 0.717) is 0 Å². The van der Waals surface area contributed by atoms with Gasteiger partial charge in [-0.05, 0) is 32.2 Å². The lowest BCUT2D eigenvalue weighted by molar-refractivity contribution is 0.474. The van der Waals surface area contributed by atoms with Gasteiger partial charge in [0.25, 0.3) is 0 Å². The molecule has 0 heterocycles. The van der Waals surface area contributed by atoms with Crippen LogP contribution in [0.2, 0.25) is 0 Å². The Morgan fingerprint density at radius 3 is 2.41 bits per heavy atom. The Hall–Kier alpha value is -1.80. The smallest absolute Gasteiger partial charge is 0.131 e. The molecule has 0 fully saturated rings. The van der Waals surface area contributed by atoms with E-state index in [2.05, 4.69) is 30.4 Å². The van der Waals surface area contributed by atoms with Crippen molar-refractivity contribution >= 4 is 0 Å². The SMILES string of the molecule is CNCc1ccccc1Oc1ccc(C)cc1. The predicted molar refractivity (Wildman–Crippen MR) is 70.5 cm³/mol. The fourth-order valence-corrected chi connectivity index (χ4v) is 1.67. The summed E-state index contributed by atoms with van der Waals surface area (Å²) in [7, 11) is 1.93. The number of aryl methyl sites for hydroxylation is 1. The third-order valence-electron chi connectivity index (χ3n) is 2.59. The maximum Gasteiger partial charge on any atom is 0.131 e. The summed E-state index contributed by atoms with van der Waals surface area (Å²) in [6.45, 7) is 2.88. The summed E-state index contributed by atoms with van der Waals surface area (Å²) in [6, 6.07) is 16.2. The van der Waals surface area contributed by atoms with Crippen LogP contribution in [0.1, 0.15) is 11.1 Å². The second-order valence-electron chi connectivity index (χ2n) is 4.05. The summed E-state index contributed by atoms with van der Waals surface area (Å²) in [6.07, 6.45) is 0. The molecule has 88 valence electrons. The van der Waals surface area contributed by atoms with E-state index in [1.54, 1.807) is 0 Å². The molecule has 2 heteroatoms. The zero-order valence-corrected chi connectivity index (χ0v) is 10.2. The molecular weight excluding hydrogens is 210 g/mol. The molecule has 2 aromatic rings. The Labute approximate surface area is 102 Å². The second-order valence-corrected chi connectivity index (χ2v) is 4.05. The van der Waals surface area contributed by atoms with E-state index >= 15 is 0 Å². The lowest BCUT2D eigenvalue weighted by Gasteiger charge is -2.10. The van der Waals surface area contributed by atoms with Gasteiger partial charge < -0.3 is 10.1 Å². The largest absolute Gasteiger partial charge is 0.457 e. The average molecular weight is 227 g/mol. The molecule has 0 unspecified atom stereocenters. The Kier molecular flexibility index (Phi) is 3.78. The third kappa shape index (κ3) is 3.08. The molecule has 2 rings (SSSR count). The number of rotatable bonds is 4. The Bertz CT molecular complexity index is 477. The normalized spacial score (nSPS) is 10.2. The van der Waals surface area contributed by atoms with Gasteiger partial charge in [0.1, 0.15) is 11.5 Å². The molecule has 0 aliphatic heterocycles. The molecule has 0 saturated carbocycles. The quantitative estimate of drug-likeness (QED) is 0.863. The van der Waals surface area contributed by atoms with Gasteiger partial charge in [-0.2, -0.15) is 0 Å². The van der Waals surface area contributed by atoms with Crippen LogP contribution in [0, 0.1) is 6.92 Å². The number of benzene rings is 2. The average Bonchev–Trinajstić information content (AvgIpc) is 2.35. The summed E-state index contributed by atoms with van der Waals surface area (Å²) in [5, 5.41) is 3.14. The highest BCUT2D eigenvalue weighted by Crippen LogP contribution is 2.25. The van der Waals surface area contributed by atoms with Gasteiger partial charge >= 0.3 is 0 Å². The van der Waals surface area contributed by atoms with Gasteiger partial charge in [-0.25, -0.2) is 0 Å². The number of nitrogens with one attached hydrogen (secondary N) is 1. The molecule has 0 atom stereocenters. The molecular formula is C15H17NO. The van der Waals surface area contributed by atoms with Gasteiger partial charge in [-0.3, -0.25) is 0 Å². The van der Waals surface area contributed by atoms with Gasteiger partial charge in [0, 0.05) is 12.1 Å². The van der Waals surface area contributed by atoms with E-state index in [1.807, 2.05) is 37.4 Å². The van der Waals surface area contributed by atoms with Crippen molar-refractivity contribution in [2.45, 2.75) is 13.5 Å². The van der Waals surface area contributed by atoms with E-state index in [4.69, 9.17) is 4.74 Å². The van der Waals surface area contributed by atoms with Crippen molar-refractivity contribution in [2.75, 3.05) is 7.05 Å². The van der Waals surface area contributed by atoms with Gasteiger partial charge in [0.15, 0.2) is 0 Å². The molecule has 0 radical (unpaired) electrons. The van der Waals surface area contributed by atoms with Crippen molar-refractivity contribution < 1.29 is 4.74 Å². The summed E-state index contributed by atoms with van der Waals surface area (Å²) < 4.78 is 5.88. The van der Waals surface area contributed by atoms with Gasteiger partial charge in [0.2, 0.25) is 0 Å². The summed E-state index contributed by atoms with van der Waals surface area (Å²) in [4.78, 5) is 0. The van der Waals surface area contributed by atoms with Crippen LogP contribution < -0.4 is 10.1 Å². The van der Waals surface area contributed by atoms with E-state index in [-0.39, 0.29) is 0 Å². The highest BCUT2D eigenvalue weighted by Gasteiger charge is 2.02. The predicted octanol–water partition coefficient (Wildman–Crippen LogP) is 3.51. The fraction of sp³-hybridized carbons (Fsp3) is 0.200. The van der Waals surface area contributed by atoms with Crippen LogP contribution in [0.4, 0.5) is 0 Å². The number of ether oxygens (including phenoxy) is 1. The molecule has 17 heavy (non-hydrogen) atoms. The first-order valence-corrected chi connectivity index (χ1v) is 5.76. The number of hydrogen-bond acceptors (Lipinski definition) is 2. The van der Waals surface area contributed by atoms with Crippen LogP contribution in [-0.2, 0) is 6.54 Å². The Morgan fingerprint density at radius 2 is 1.71 bits per heavy atom. The highest BCUT2D eigenvalue weighted by atomic mass is 16.5. The van der Waals surface area contributed by atoms with Crippen LogP contribution >= 0.6 is 0 Å². The standard InChI is InChI=1S/C15H17NO/c1-12-7-9-14(10-8-12)17-15-6-4-3-5-13(15)11-16-2/h3-10,16H,11H2,1-2H3. The molecule has 0 amide bonds. The molecule has 0 aromatic heterocycles. The summed E-state index contributed by atoms with van der Waals surface area (Å²) >= 11 is 0. The first kappa shape index (κ1) is 11.7. The maximum atomic E-state index is 5.88. The van der Waals surface area contributed by atoms with Crippen LogP contribution in [0.5, 0.6) is 11.5 Å². The van der Waals surface area contributed by atoms with Crippen LogP contribution in [-0.4, -0.2) is 7.05 Å². The van der Waals surface area contributed by atoms with E-state index < -0.39 is 0 Å². The first-order valence-electron chi connectivity index (χ1n) is 5.76. The minimum absolute atomic E-state index is 0.808. The molecule has 2 nitrogen and oxygen atoms in total.